The first-order valence-electron chi connectivity index (χ1n) is 11.0. The number of ether oxygens (including phenoxy) is 1. The zero-order valence-electron chi connectivity index (χ0n) is 18.9. The fourth-order valence-electron chi connectivity index (χ4n) is 4.18. The Hall–Kier alpha value is -3.27. The minimum absolute atomic E-state index is 0.0152. The van der Waals surface area contributed by atoms with Crippen LogP contribution in [0.5, 0.6) is 5.75 Å². The average molecular weight is 513 g/mol. The smallest absolute Gasteiger partial charge is 0.246 e. The second-order valence-corrected chi connectivity index (χ2v) is 10.4. The van der Waals surface area contributed by atoms with Crippen molar-refractivity contribution in [3.8, 4) is 17.1 Å². The molecule has 1 aliphatic heterocycles. The van der Waals surface area contributed by atoms with Crippen molar-refractivity contribution < 1.29 is 17.5 Å². The van der Waals surface area contributed by atoms with Crippen LogP contribution in [-0.2, 0) is 10.0 Å². The Morgan fingerprint density at radius 3 is 2.40 bits per heavy atom. The molecule has 0 saturated carbocycles. The lowest BCUT2D eigenvalue weighted by atomic mass is 10.1. The summed E-state index contributed by atoms with van der Waals surface area (Å²) in [7, 11) is -2.54. The molecule has 10 heteroatoms. The Bertz CT molecular complexity index is 1490. The third-order valence-corrected chi connectivity index (χ3v) is 8.13. The van der Waals surface area contributed by atoms with Gasteiger partial charge in [0.15, 0.2) is 5.82 Å². The molecule has 5 rings (SSSR count). The molecule has 180 valence electrons. The summed E-state index contributed by atoms with van der Waals surface area (Å²) >= 11 is 6.24. The number of rotatable bonds is 5. The van der Waals surface area contributed by atoms with Crippen LogP contribution in [0.3, 0.4) is 0 Å². The second kappa shape index (κ2) is 9.41. The number of halogens is 2. The molecule has 0 amide bonds. The lowest BCUT2D eigenvalue weighted by Crippen LogP contribution is -2.49. The highest BCUT2D eigenvalue weighted by molar-refractivity contribution is 7.89. The molecule has 7 nitrogen and oxygen atoms in total. The number of hydrogen-bond donors (Lipinski definition) is 0. The van der Waals surface area contributed by atoms with Crippen molar-refractivity contribution in [2.45, 2.75) is 4.90 Å². The molecule has 1 aromatic heterocycles. The number of methoxy groups -OCH3 is 1. The van der Waals surface area contributed by atoms with Crippen molar-refractivity contribution in [3.63, 3.8) is 0 Å². The molecule has 0 atom stereocenters. The molecule has 2 heterocycles. The highest BCUT2D eigenvalue weighted by atomic mass is 35.5. The highest BCUT2D eigenvalue weighted by Gasteiger charge is 2.32. The van der Waals surface area contributed by atoms with Crippen LogP contribution in [-0.4, -0.2) is 56.0 Å². The van der Waals surface area contributed by atoms with Gasteiger partial charge >= 0.3 is 0 Å². The van der Waals surface area contributed by atoms with Gasteiger partial charge in [0.05, 0.1) is 12.6 Å². The number of piperazine rings is 1. The van der Waals surface area contributed by atoms with E-state index in [-0.39, 0.29) is 23.7 Å². The number of nitrogens with zero attached hydrogens (tertiary/aromatic N) is 4. The van der Waals surface area contributed by atoms with E-state index < -0.39 is 15.8 Å². The summed E-state index contributed by atoms with van der Waals surface area (Å²) in [5.74, 6) is 0.720. The molecular formula is C25H22ClFN4O3S. The number of hydrogen-bond acceptors (Lipinski definition) is 6. The lowest BCUT2D eigenvalue weighted by Gasteiger charge is -2.35. The minimum atomic E-state index is -3.86. The number of benzene rings is 3. The number of aromatic nitrogens is 2. The van der Waals surface area contributed by atoms with E-state index >= 15 is 0 Å². The van der Waals surface area contributed by atoms with Gasteiger partial charge in [0.25, 0.3) is 0 Å². The largest absolute Gasteiger partial charge is 0.495 e. The van der Waals surface area contributed by atoms with E-state index in [1.54, 1.807) is 12.1 Å². The van der Waals surface area contributed by atoms with Crippen LogP contribution in [0.1, 0.15) is 0 Å². The van der Waals surface area contributed by atoms with Gasteiger partial charge in [0, 0.05) is 48.2 Å². The van der Waals surface area contributed by atoms with Crippen molar-refractivity contribution in [2.24, 2.45) is 0 Å². The normalized spacial score (nSPS) is 14.9. The Labute approximate surface area is 207 Å². The Balaban J connectivity index is 1.46. The highest BCUT2D eigenvalue weighted by Crippen LogP contribution is 2.32. The zero-order chi connectivity index (χ0) is 24.6. The quantitative estimate of drug-likeness (QED) is 0.389. The molecular weight excluding hydrogens is 491 g/mol. The van der Waals surface area contributed by atoms with Gasteiger partial charge in [-0.1, -0.05) is 41.9 Å². The Kier molecular flexibility index (Phi) is 6.31. The van der Waals surface area contributed by atoms with Crippen molar-refractivity contribution >= 4 is 38.3 Å². The van der Waals surface area contributed by atoms with Crippen LogP contribution >= 0.6 is 11.6 Å². The Morgan fingerprint density at radius 2 is 1.69 bits per heavy atom. The summed E-state index contributed by atoms with van der Waals surface area (Å²) in [5, 5.41) is 1.41. The maximum absolute atomic E-state index is 13.6. The average Bonchev–Trinajstić information content (AvgIpc) is 2.88. The van der Waals surface area contributed by atoms with Gasteiger partial charge in [-0.2, -0.15) is 4.31 Å². The fraction of sp³-hybridized carbons (Fsp3) is 0.200. The number of fused-ring (bicyclic) bond motifs is 1. The SMILES string of the molecule is COc1cc(F)ccc1S(=O)(=O)N1CCN(c2nc(-c3ccccc3)nc3cc(Cl)ccc23)CC1. The van der Waals surface area contributed by atoms with E-state index in [0.717, 1.165) is 28.9 Å². The van der Waals surface area contributed by atoms with Gasteiger partial charge in [-0.05, 0) is 30.3 Å². The molecule has 0 bridgehead atoms. The zero-order valence-corrected chi connectivity index (χ0v) is 20.4. The van der Waals surface area contributed by atoms with E-state index in [1.165, 1.54) is 17.5 Å². The van der Waals surface area contributed by atoms with Crippen LogP contribution in [0.25, 0.3) is 22.3 Å². The van der Waals surface area contributed by atoms with Gasteiger partial charge < -0.3 is 9.64 Å². The predicted molar refractivity (Wildman–Crippen MR) is 134 cm³/mol. The van der Waals surface area contributed by atoms with Crippen molar-refractivity contribution in [1.82, 2.24) is 14.3 Å². The molecule has 1 fully saturated rings. The number of anilines is 1. The summed E-state index contributed by atoms with van der Waals surface area (Å²) in [6.45, 7) is 1.32. The summed E-state index contributed by atoms with van der Waals surface area (Å²) in [6.07, 6.45) is 0. The summed E-state index contributed by atoms with van der Waals surface area (Å²) in [4.78, 5) is 11.6. The van der Waals surface area contributed by atoms with Crippen molar-refractivity contribution in [2.75, 3.05) is 38.2 Å². The Morgan fingerprint density at radius 1 is 0.943 bits per heavy atom. The molecule has 0 aliphatic carbocycles. The molecule has 0 spiro atoms. The van der Waals surface area contributed by atoms with Crippen LogP contribution < -0.4 is 9.64 Å². The van der Waals surface area contributed by atoms with E-state index in [4.69, 9.17) is 26.3 Å². The van der Waals surface area contributed by atoms with Gasteiger partial charge in [-0.3, -0.25) is 0 Å². The molecule has 0 unspecified atom stereocenters. The van der Waals surface area contributed by atoms with E-state index in [9.17, 15) is 12.8 Å². The maximum Gasteiger partial charge on any atom is 0.246 e. The van der Waals surface area contributed by atoms with Crippen molar-refractivity contribution in [3.05, 3.63) is 77.6 Å². The molecule has 0 radical (unpaired) electrons. The third kappa shape index (κ3) is 4.54. The molecule has 0 N–H and O–H groups in total. The van der Waals surface area contributed by atoms with Gasteiger partial charge in [-0.25, -0.2) is 22.8 Å². The van der Waals surface area contributed by atoms with Crippen molar-refractivity contribution in [1.29, 1.82) is 0 Å². The summed E-state index contributed by atoms with van der Waals surface area (Å²) in [6, 6.07) is 18.6. The van der Waals surface area contributed by atoms with Gasteiger partial charge in [0.2, 0.25) is 10.0 Å². The van der Waals surface area contributed by atoms with E-state index in [2.05, 4.69) is 4.90 Å². The van der Waals surface area contributed by atoms with Gasteiger partial charge in [0.1, 0.15) is 22.3 Å². The van der Waals surface area contributed by atoms with Gasteiger partial charge in [-0.15, -0.1) is 0 Å². The lowest BCUT2D eigenvalue weighted by molar-refractivity contribution is 0.372. The topological polar surface area (TPSA) is 75.6 Å². The number of sulfonamides is 1. The summed E-state index contributed by atoms with van der Waals surface area (Å²) in [5.41, 5.74) is 1.59. The standard InChI is InChI=1S/C25H22ClFN4O3S/c1-34-22-16-19(27)8-10-23(22)35(32,33)31-13-11-30(12-14-31)25-20-9-7-18(26)15-21(20)28-24(29-25)17-5-3-2-4-6-17/h2-10,15-16H,11-14H2,1H3. The summed E-state index contributed by atoms with van der Waals surface area (Å²) < 4.78 is 46.7. The maximum atomic E-state index is 13.6. The molecule has 3 aromatic carbocycles. The van der Waals surface area contributed by atoms with Crippen LogP contribution in [0.4, 0.5) is 10.2 Å². The first-order valence-corrected chi connectivity index (χ1v) is 12.8. The van der Waals surface area contributed by atoms with Crippen LogP contribution in [0.15, 0.2) is 71.6 Å². The first kappa shape index (κ1) is 23.5. The van der Waals surface area contributed by atoms with Crippen LogP contribution in [0, 0.1) is 5.82 Å². The molecule has 1 saturated heterocycles. The fourth-order valence-corrected chi connectivity index (χ4v) is 5.90. The molecule has 4 aromatic rings. The van der Waals surface area contributed by atoms with Crippen LogP contribution in [0.2, 0.25) is 5.02 Å². The predicted octanol–water partition coefficient (Wildman–Crippen LogP) is 4.61. The minimum Gasteiger partial charge on any atom is -0.495 e. The third-order valence-electron chi connectivity index (χ3n) is 5.95. The van der Waals surface area contributed by atoms with E-state index in [1.807, 2.05) is 36.4 Å². The van der Waals surface area contributed by atoms with E-state index in [0.29, 0.717) is 29.5 Å². The monoisotopic (exact) mass is 512 g/mol. The molecule has 1 aliphatic rings. The molecule has 35 heavy (non-hydrogen) atoms. The first-order chi connectivity index (χ1) is 16.9. The second-order valence-electron chi connectivity index (χ2n) is 8.08.